The van der Waals surface area contributed by atoms with Gasteiger partial charge in [0.1, 0.15) is 0 Å². The molecule has 2 aliphatic heterocycles. The van der Waals surface area contributed by atoms with Crippen LogP contribution < -0.4 is 15.5 Å². The van der Waals surface area contributed by atoms with Gasteiger partial charge < -0.3 is 9.47 Å². The Balaban J connectivity index is 0.964. The number of rotatable bonds is 4. The van der Waals surface area contributed by atoms with Gasteiger partial charge in [0.15, 0.2) is 0 Å². The predicted octanol–water partition coefficient (Wildman–Crippen LogP) is 13.8. The van der Waals surface area contributed by atoms with Gasteiger partial charge in [0.05, 0.1) is 27.9 Å². The van der Waals surface area contributed by atoms with E-state index in [1.807, 2.05) is 0 Å². The summed E-state index contributed by atoms with van der Waals surface area (Å²) in [5.74, 6) is 0.275. The molecule has 0 spiro atoms. The van der Waals surface area contributed by atoms with Crippen molar-refractivity contribution in [1.29, 1.82) is 0 Å². The molecule has 61 heavy (non-hydrogen) atoms. The number of hydrogen-bond donors (Lipinski definition) is 0. The maximum Gasteiger partial charge on any atom is 0.0582 e. The van der Waals surface area contributed by atoms with Crippen LogP contribution in [0.15, 0.2) is 158 Å². The van der Waals surface area contributed by atoms with E-state index >= 15 is 0 Å². The molecule has 9 aromatic rings. The number of benzene rings is 8. The fourth-order valence-corrected chi connectivity index (χ4v) is 12.3. The van der Waals surface area contributed by atoms with Crippen molar-refractivity contribution in [1.82, 2.24) is 4.57 Å². The summed E-state index contributed by atoms with van der Waals surface area (Å²) in [7, 11) is 0. The van der Waals surface area contributed by atoms with E-state index in [4.69, 9.17) is 0 Å². The molecule has 0 bridgehead atoms. The zero-order valence-electron chi connectivity index (χ0n) is 35.8. The van der Waals surface area contributed by atoms with E-state index in [2.05, 4.69) is 215 Å². The third kappa shape index (κ3) is 4.47. The molecule has 4 aliphatic rings. The molecule has 0 N–H and O–H groups in total. The molecule has 8 aromatic carbocycles. The highest BCUT2D eigenvalue weighted by molar-refractivity contribution is 6.05. The van der Waals surface area contributed by atoms with Crippen LogP contribution in [0.4, 0.5) is 17.1 Å². The van der Waals surface area contributed by atoms with E-state index in [0.717, 1.165) is 6.42 Å². The number of fused-ring (bicyclic) bond motifs is 6. The molecular weight excluding hydrogens is 737 g/mol. The van der Waals surface area contributed by atoms with E-state index in [-0.39, 0.29) is 22.2 Å². The Morgan fingerprint density at radius 2 is 1.03 bits per heavy atom. The molecule has 294 valence electrons. The van der Waals surface area contributed by atoms with E-state index in [1.165, 1.54) is 110 Å². The first-order valence-electron chi connectivity index (χ1n) is 22.1. The minimum atomic E-state index is -0.193. The zero-order valence-corrected chi connectivity index (χ0v) is 35.8. The summed E-state index contributed by atoms with van der Waals surface area (Å²) in [6, 6.07) is 59.8. The van der Waals surface area contributed by atoms with Crippen molar-refractivity contribution in [2.75, 3.05) is 4.90 Å². The number of para-hydroxylation sites is 2. The van der Waals surface area contributed by atoms with Gasteiger partial charge in [-0.1, -0.05) is 181 Å². The van der Waals surface area contributed by atoms with Crippen molar-refractivity contribution in [3.63, 3.8) is 0 Å². The van der Waals surface area contributed by atoms with Gasteiger partial charge >= 0.3 is 0 Å². The number of nitrogens with zero attached hydrogens (tertiary/aromatic N) is 2. The first-order chi connectivity index (χ1) is 29.5. The average Bonchev–Trinajstić information content (AvgIpc) is 3.73. The second kappa shape index (κ2) is 11.8. The first-order valence-corrected chi connectivity index (χ1v) is 22.1. The summed E-state index contributed by atoms with van der Waals surface area (Å²) in [6.45, 7) is 14.7. The van der Waals surface area contributed by atoms with Gasteiger partial charge in [-0.2, -0.15) is 0 Å². The molecule has 1 aromatic heterocycles. The monoisotopic (exact) mass is 784 g/mol. The molecule has 0 fully saturated rings. The van der Waals surface area contributed by atoms with Crippen LogP contribution in [0.1, 0.15) is 87.3 Å². The predicted molar refractivity (Wildman–Crippen MR) is 257 cm³/mol. The normalized spacial score (nSPS) is 17.9. The van der Waals surface area contributed by atoms with Crippen LogP contribution in [-0.4, -0.2) is 4.57 Å². The molecule has 2 nitrogen and oxygen atoms in total. The highest BCUT2D eigenvalue weighted by Gasteiger charge is 2.44. The quantitative estimate of drug-likeness (QED) is 0.173. The average molecular weight is 785 g/mol. The molecule has 1 unspecified atom stereocenters. The van der Waals surface area contributed by atoms with Crippen molar-refractivity contribution in [3.05, 3.63) is 202 Å². The molecule has 0 saturated carbocycles. The minimum Gasteiger partial charge on any atom is -0.309 e. The lowest BCUT2D eigenvalue weighted by atomic mass is 9.66. The highest BCUT2D eigenvalue weighted by atomic mass is 15.1. The van der Waals surface area contributed by atoms with Gasteiger partial charge in [-0.05, 0) is 91.5 Å². The van der Waals surface area contributed by atoms with Crippen molar-refractivity contribution in [3.8, 4) is 16.8 Å². The third-order valence-corrected chi connectivity index (χ3v) is 15.5. The maximum absolute atomic E-state index is 2.67. The Hall–Kier alpha value is -6.64. The molecule has 0 amide bonds. The second-order valence-electron chi connectivity index (χ2n) is 19.7. The molecule has 1 atom stereocenters. The van der Waals surface area contributed by atoms with Crippen molar-refractivity contribution >= 4 is 61.2 Å². The highest BCUT2D eigenvalue weighted by Crippen LogP contribution is 2.54. The second-order valence-corrected chi connectivity index (χ2v) is 19.7. The van der Waals surface area contributed by atoms with Crippen LogP contribution >= 0.6 is 0 Å². The van der Waals surface area contributed by atoms with Gasteiger partial charge in [-0.25, -0.2) is 0 Å². The summed E-state index contributed by atoms with van der Waals surface area (Å²) in [6.07, 6.45) is 3.64. The van der Waals surface area contributed by atoms with Crippen LogP contribution in [-0.2, 0) is 16.2 Å². The van der Waals surface area contributed by atoms with E-state index < -0.39 is 0 Å². The summed E-state index contributed by atoms with van der Waals surface area (Å²) in [5.41, 5.74) is 18.8. The third-order valence-electron chi connectivity index (χ3n) is 15.5. The molecule has 3 heterocycles. The van der Waals surface area contributed by atoms with Crippen LogP contribution in [0.3, 0.4) is 0 Å². The molecular formula is C59H48N2. The molecule has 0 saturated heterocycles. The lowest BCUT2D eigenvalue weighted by Gasteiger charge is -2.43. The fourth-order valence-electron chi connectivity index (χ4n) is 12.3. The molecule has 13 rings (SSSR count). The lowest BCUT2D eigenvalue weighted by Crippen LogP contribution is -2.46. The van der Waals surface area contributed by atoms with Gasteiger partial charge in [-0.15, -0.1) is 0 Å². The fraction of sp³-hybridized carbons (Fsp3) is 0.186. The summed E-state index contributed by atoms with van der Waals surface area (Å²) in [4.78, 5) is 2.49. The number of aromatic nitrogens is 1. The lowest BCUT2D eigenvalue weighted by molar-refractivity contribution is 0.586. The van der Waals surface area contributed by atoms with Crippen molar-refractivity contribution in [2.45, 2.75) is 70.1 Å². The number of anilines is 3. The van der Waals surface area contributed by atoms with Crippen molar-refractivity contribution in [2.24, 2.45) is 0 Å². The Morgan fingerprint density at radius 3 is 1.74 bits per heavy atom. The SMILES string of the molecule is CC1(C)C2=c3c(c4cccc5c4n3-c3c1cccc3C5(C)C)=CC(c1ccc3c(c1)C(C)(C)c1cc(N(c4cccc5ccccc45)c4cccc5ccccc45)ccc1-3)C2. The Labute approximate surface area is 357 Å². The standard InChI is InChI=1S/C59H48N2/c1-57(2)46-22-13-21-44-45-31-38(33-51-55(45)61(54(44)46)56-47(57)23-14-24-48(56)58(51,3)4)37-27-29-42-43-30-28-39(34-50(43)59(5,6)49(42)32-37)60(52-25-11-17-35-15-7-9-19-40(35)52)53-26-12-18-36-16-8-10-20-41(36)53/h7-32,34,38H,33H2,1-6H3. The van der Waals surface area contributed by atoms with Crippen molar-refractivity contribution < 1.29 is 0 Å². The maximum atomic E-state index is 2.67. The topological polar surface area (TPSA) is 8.17 Å². The van der Waals surface area contributed by atoms with Gasteiger partial charge in [0, 0.05) is 49.2 Å². The van der Waals surface area contributed by atoms with Crippen LogP contribution in [0.5, 0.6) is 0 Å². The molecule has 0 radical (unpaired) electrons. The van der Waals surface area contributed by atoms with E-state index in [9.17, 15) is 0 Å². The summed E-state index contributed by atoms with van der Waals surface area (Å²) >= 11 is 0. The van der Waals surface area contributed by atoms with Gasteiger partial charge in [0.25, 0.3) is 0 Å². The first kappa shape index (κ1) is 35.1. The van der Waals surface area contributed by atoms with Crippen LogP contribution in [0, 0.1) is 0 Å². The summed E-state index contributed by atoms with van der Waals surface area (Å²) < 4.78 is 2.67. The largest absolute Gasteiger partial charge is 0.309 e. The number of hydrogen-bond acceptors (Lipinski definition) is 1. The Kier molecular flexibility index (Phi) is 6.80. The summed E-state index contributed by atoms with van der Waals surface area (Å²) in [5, 5.41) is 9.22. The Bertz CT molecular complexity index is 3460. The minimum absolute atomic E-state index is 0.0734. The van der Waals surface area contributed by atoms with Gasteiger partial charge in [0.2, 0.25) is 0 Å². The smallest absolute Gasteiger partial charge is 0.0582 e. The Morgan fingerprint density at radius 1 is 0.492 bits per heavy atom. The molecule has 2 heteroatoms. The van der Waals surface area contributed by atoms with Crippen LogP contribution in [0.2, 0.25) is 0 Å². The molecule has 2 aliphatic carbocycles. The van der Waals surface area contributed by atoms with E-state index in [1.54, 1.807) is 5.57 Å². The van der Waals surface area contributed by atoms with Crippen LogP contribution in [0.25, 0.3) is 60.9 Å². The van der Waals surface area contributed by atoms with Gasteiger partial charge in [-0.3, -0.25) is 0 Å². The zero-order chi connectivity index (χ0) is 41.2. The van der Waals surface area contributed by atoms with E-state index in [0.29, 0.717) is 0 Å².